The average molecular weight is 302 g/mol. The van der Waals surface area contributed by atoms with Gasteiger partial charge >= 0.3 is 0 Å². The van der Waals surface area contributed by atoms with Crippen molar-refractivity contribution in [1.29, 1.82) is 0 Å². The van der Waals surface area contributed by atoms with Crippen molar-refractivity contribution in [3.05, 3.63) is 17.1 Å². The number of furan rings is 1. The minimum atomic E-state index is -3.50. The first-order chi connectivity index (χ1) is 9.44. The molecule has 0 aliphatic heterocycles. The normalized spacial score (nSPS) is 12.0. The summed E-state index contributed by atoms with van der Waals surface area (Å²) in [7, 11) is -3.50. The third kappa shape index (κ3) is 4.33. The van der Waals surface area contributed by atoms with Gasteiger partial charge < -0.3 is 9.73 Å². The van der Waals surface area contributed by atoms with Gasteiger partial charge in [-0.25, -0.2) is 13.1 Å². The van der Waals surface area contributed by atoms with E-state index in [-0.39, 0.29) is 0 Å². The summed E-state index contributed by atoms with van der Waals surface area (Å²) in [4.78, 5) is 0.299. The van der Waals surface area contributed by atoms with Gasteiger partial charge in [0.05, 0.1) is 0 Å². The van der Waals surface area contributed by atoms with E-state index in [2.05, 4.69) is 17.0 Å². The minimum Gasteiger partial charge on any atom is -0.465 e. The summed E-state index contributed by atoms with van der Waals surface area (Å²) in [5.74, 6) is 1.12. The Kier molecular flexibility index (Phi) is 6.71. The van der Waals surface area contributed by atoms with Crippen molar-refractivity contribution in [3.63, 3.8) is 0 Å². The summed E-state index contributed by atoms with van der Waals surface area (Å²) < 4.78 is 33.0. The molecule has 0 atom stereocenters. The lowest BCUT2D eigenvalue weighted by atomic mass is 10.2. The summed E-state index contributed by atoms with van der Waals surface area (Å²) >= 11 is 0. The van der Waals surface area contributed by atoms with Gasteiger partial charge in [0.2, 0.25) is 10.0 Å². The fourth-order valence-electron chi connectivity index (χ4n) is 2.17. The van der Waals surface area contributed by atoms with Crippen LogP contribution in [-0.4, -0.2) is 21.5 Å². The SMILES string of the molecule is CCCCCNS(=O)(=O)c1c(C)oc(C)c1CNCC. The number of aryl methyl sites for hydroxylation is 2. The highest BCUT2D eigenvalue weighted by atomic mass is 32.2. The van der Waals surface area contributed by atoms with Crippen molar-refractivity contribution in [2.75, 3.05) is 13.1 Å². The predicted octanol–water partition coefficient (Wildman–Crippen LogP) is 2.47. The van der Waals surface area contributed by atoms with Crippen molar-refractivity contribution in [2.24, 2.45) is 0 Å². The zero-order valence-corrected chi connectivity index (χ0v) is 13.7. The van der Waals surface area contributed by atoms with E-state index < -0.39 is 10.0 Å². The van der Waals surface area contributed by atoms with Crippen LogP contribution in [0.15, 0.2) is 9.31 Å². The van der Waals surface area contributed by atoms with E-state index >= 15 is 0 Å². The van der Waals surface area contributed by atoms with E-state index in [1.807, 2.05) is 6.92 Å². The molecule has 2 N–H and O–H groups in total. The van der Waals surface area contributed by atoms with Gasteiger partial charge in [-0.05, 0) is 26.8 Å². The zero-order chi connectivity index (χ0) is 15.2. The Morgan fingerprint density at radius 1 is 1.10 bits per heavy atom. The highest BCUT2D eigenvalue weighted by Crippen LogP contribution is 2.26. The second-order valence-corrected chi connectivity index (χ2v) is 6.61. The molecule has 0 radical (unpaired) electrons. The van der Waals surface area contributed by atoms with E-state index in [4.69, 9.17) is 4.42 Å². The zero-order valence-electron chi connectivity index (χ0n) is 12.9. The van der Waals surface area contributed by atoms with Gasteiger partial charge in [-0.15, -0.1) is 0 Å². The number of unbranched alkanes of at least 4 members (excludes halogenated alkanes) is 2. The fraction of sp³-hybridized carbons (Fsp3) is 0.714. The Morgan fingerprint density at radius 3 is 2.40 bits per heavy atom. The molecule has 5 nitrogen and oxygen atoms in total. The summed E-state index contributed by atoms with van der Waals surface area (Å²) in [5, 5.41) is 3.16. The monoisotopic (exact) mass is 302 g/mol. The van der Waals surface area contributed by atoms with Crippen LogP contribution in [0.5, 0.6) is 0 Å². The quantitative estimate of drug-likeness (QED) is 0.687. The molecule has 0 saturated carbocycles. The number of rotatable bonds is 9. The molecule has 1 rings (SSSR count). The van der Waals surface area contributed by atoms with E-state index in [1.165, 1.54) is 0 Å². The van der Waals surface area contributed by atoms with Gasteiger partial charge in [0, 0.05) is 18.7 Å². The van der Waals surface area contributed by atoms with Crippen molar-refractivity contribution < 1.29 is 12.8 Å². The topological polar surface area (TPSA) is 71.3 Å². The van der Waals surface area contributed by atoms with Crippen LogP contribution in [0.3, 0.4) is 0 Å². The Balaban J connectivity index is 2.92. The van der Waals surface area contributed by atoms with E-state index in [1.54, 1.807) is 13.8 Å². The van der Waals surface area contributed by atoms with Crippen LogP contribution < -0.4 is 10.0 Å². The van der Waals surface area contributed by atoms with Crippen LogP contribution >= 0.6 is 0 Å². The average Bonchev–Trinajstić information content (AvgIpc) is 2.67. The Bertz CT molecular complexity index is 521. The molecule has 0 aromatic carbocycles. The summed E-state index contributed by atoms with van der Waals surface area (Å²) in [5.41, 5.74) is 0.729. The molecule has 1 aromatic rings. The third-order valence-electron chi connectivity index (χ3n) is 3.22. The van der Waals surface area contributed by atoms with Gasteiger partial charge in [-0.2, -0.15) is 0 Å². The molecule has 0 saturated heterocycles. The molecule has 0 unspecified atom stereocenters. The maximum absolute atomic E-state index is 12.4. The van der Waals surface area contributed by atoms with Crippen molar-refractivity contribution in [2.45, 2.75) is 58.4 Å². The van der Waals surface area contributed by atoms with Gasteiger partial charge in [0.15, 0.2) is 0 Å². The van der Waals surface area contributed by atoms with Crippen molar-refractivity contribution in [3.8, 4) is 0 Å². The van der Waals surface area contributed by atoms with E-state index in [0.29, 0.717) is 29.5 Å². The molecule has 20 heavy (non-hydrogen) atoms. The second kappa shape index (κ2) is 7.81. The van der Waals surface area contributed by atoms with Gasteiger partial charge in [-0.3, -0.25) is 0 Å². The third-order valence-corrected chi connectivity index (χ3v) is 4.87. The molecule has 0 amide bonds. The van der Waals surface area contributed by atoms with E-state index in [9.17, 15) is 8.42 Å². The Labute approximate surface area is 122 Å². The number of hydrogen-bond acceptors (Lipinski definition) is 4. The summed E-state index contributed by atoms with van der Waals surface area (Å²) in [6.07, 6.45) is 2.95. The molecule has 1 heterocycles. The van der Waals surface area contributed by atoms with E-state index in [0.717, 1.165) is 31.4 Å². The lowest BCUT2D eigenvalue weighted by Gasteiger charge is -2.08. The molecule has 6 heteroatoms. The molecule has 0 spiro atoms. The maximum atomic E-state index is 12.4. The van der Waals surface area contributed by atoms with Crippen LogP contribution in [0.2, 0.25) is 0 Å². The predicted molar refractivity (Wildman–Crippen MR) is 80.3 cm³/mol. The second-order valence-electron chi connectivity index (χ2n) is 4.91. The Hall–Kier alpha value is -0.850. The highest BCUT2D eigenvalue weighted by molar-refractivity contribution is 7.89. The van der Waals surface area contributed by atoms with Gasteiger partial charge in [0.25, 0.3) is 0 Å². The fourth-order valence-corrected chi connectivity index (χ4v) is 3.69. The number of hydrogen-bond donors (Lipinski definition) is 2. The lowest BCUT2D eigenvalue weighted by Crippen LogP contribution is -2.27. The first-order valence-electron chi connectivity index (χ1n) is 7.23. The summed E-state index contributed by atoms with van der Waals surface area (Å²) in [6, 6.07) is 0. The van der Waals surface area contributed by atoms with Gasteiger partial charge in [0.1, 0.15) is 16.4 Å². The molecule has 0 fully saturated rings. The molecule has 116 valence electrons. The molecule has 0 aliphatic rings. The molecule has 1 aromatic heterocycles. The smallest absolute Gasteiger partial charge is 0.244 e. The molecule has 0 bridgehead atoms. The maximum Gasteiger partial charge on any atom is 0.244 e. The van der Waals surface area contributed by atoms with Crippen molar-refractivity contribution >= 4 is 10.0 Å². The largest absolute Gasteiger partial charge is 0.465 e. The van der Waals surface area contributed by atoms with Crippen LogP contribution in [0.25, 0.3) is 0 Å². The number of nitrogens with one attached hydrogen (secondary N) is 2. The number of sulfonamides is 1. The lowest BCUT2D eigenvalue weighted by molar-refractivity contribution is 0.493. The Morgan fingerprint density at radius 2 is 1.80 bits per heavy atom. The standard InChI is InChI=1S/C14H26N2O3S/c1-5-7-8-9-16-20(17,18)14-12(4)19-11(3)13(14)10-15-6-2/h15-16H,5-10H2,1-4H3. The molecular formula is C14H26N2O3S. The van der Waals surface area contributed by atoms with Crippen LogP contribution in [0, 0.1) is 13.8 Å². The molecule has 0 aliphatic carbocycles. The van der Waals surface area contributed by atoms with Crippen LogP contribution in [0.1, 0.15) is 50.2 Å². The first-order valence-corrected chi connectivity index (χ1v) is 8.71. The summed E-state index contributed by atoms with van der Waals surface area (Å²) in [6.45, 7) is 9.34. The van der Waals surface area contributed by atoms with Crippen LogP contribution in [0.4, 0.5) is 0 Å². The first kappa shape index (κ1) is 17.2. The van der Waals surface area contributed by atoms with Gasteiger partial charge in [-0.1, -0.05) is 26.7 Å². The highest BCUT2D eigenvalue weighted by Gasteiger charge is 2.26. The van der Waals surface area contributed by atoms with Crippen molar-refractivity contribution in [1.82, 2.24) is 10.0 Å². The minimum absolute atomic E-state index is 0.299. The van der Waals surface area contributed by atoms with Crippen LogP contribution in [-0.2, 0) is 16.6 Å². The molecular weight excluding hydrogens is 276 g/mol.